The summed E-state index contributed by atoms with van der Waals surface area (Å²) in [5.41, 5.74) is 2.11. The summed E-state index contributed by atoms with van der Waals surface area (Å²) in [5.74, 6) is -0.199. The van der Waals surface area contributed by atoms with Crippen LogP contribution in [-0.4, -0.2) is 28.3 Å². The Hall–Kier alpha value is -1.84. The number of hydrogen-bond acceptors (Lipinski definition) is 1. The Labute approximate surface area is 120 Å². The fourth-order valence-corrected chi connectivity index (χ4v) is 2.08. The number of pyridine rings is 1. The van der Waals surface area contributed by atoms with E-state index in [9.17, 15) is 9.18 Å². The van der Waals surface area contributed by atoms with E-state index >= 15 is 0 Å². The Morgan fingerprint density at radius 3 is 2.60 bits per heavy atom. The van der Waals surface area contributed by atoms with Crippen LogP contribution in [0.3, 0.4) is 0 Å². The maximum Gasteiger partial charge on any atom is 0.219 e. The van der Waals surface area contributed by atoms with Crippen molar-refractivity contribution < 1.29 is 9.18 Å². The molecule has 0 aliphatic carbocycles. The Morgan fingerprint density at radius 1 is 1.35 bits per heavy atom. The van der Waals surface area contributed by atoms with Gasteiger partial charge in [-0.1, -0.05) is 13.8 Å². The average Bonchev–Trinajstić information content (AvgIpc) is 2.82. The van der Waals surface area contributed by atoms with Gasteiger partial charge in [-0.2, -0.15) is 0 Å². The molecule has 20 heavy (non-hydrogen) atoms. The molecule has 2 aromatic heterocycles. The van der Waals surface area contributed by atoms with Crippen LogP contribution in [0.1, 0.15) is 33.3 Å². The van der Waals surface area contributed by atoms with Crippen molar-refractivity contribution >= 4 is 11.4 Å². The van der Waals surface area contributed by atoms with Crippen LogP contribution in [0.25, 0.3) is 5.52 Å². The van der Waals surface area contributed by atoms with Crippen molar-refractivity contribution in [3.05, 3.63) is 42.0 Å². The summed E-state index contributed by atoms with van der Waals surface area (Å²) in [4.78, 5) is 13.0. The van der Waals surface area contributed by atoms with Gasteiger partial charge >= 0.3 is 0 Å². The topological polar surface area (TPSA) is 24.7 Å². The summed E-state index contributed by atoms with van der Waals surface area (Å²) >= 11 is 0. The summed E-state index contributed by atoms with van der Waals surface area (Å²) in [5, 5.41) is 0. The van der Waals surface area contributed by atoms with E-state index in [1.54, 1.807) is 29.3 Å². The first-order valence-electron chi connectivity index (χ1n) is 6.97. The van der Waals surface area contributed by atoms with Crippen molar-refractivity contribution in [1.29, 1.82) is 0 Å². The number of rotatable bonds is 3. The van der Waals surface area contributed by atoms with Gasteiger partial charge in [0.15, 0.2) is 0 Å². The van der Waals surface area contributed by atoms with E-state index in [1.807, 2.05) is 33.0 Å². The largest absolute Gasteiger partial charge is 0.343 e. The van der Waals surface area contributed by atoms with Gasteiger partial charge in [0.2, 0.25) is 5.91 Å². The monoisotopic (exact) mass is 278 g/mol. The smallest absolute Gasteiger partial charge is 0.219 e. The molecule has 3 nitrogen and oxygen atoms in total. The quantitative estimate of drug-likeness (QED) is 0.843. The van der Waals surface area contributed by atoms with Crippen molar-refractivity contribution in [1.82, 2.24) is 9.30 Å². The number of nitrogens with zero attached hydrogens (tertiary/aromatic N) is 2. The molecular formula is C16H23FN2O. The van der Waals surface area contributed by atoms with E-state index in [0.29, 0.717) is 0 Å². The molecule has 0 aromatic carbocycles. The van der Waals surface area contributed by atoms with Gasteiger partial charge in [-0.15, -0.1) is 0 Å². The average molecular weight is 278 g/mol. The van der Waals surface area contributed by atoms with Crippen LogP contribution in [0.5, 0.6) is 0 Å². The van der Waals surface area contributed by atoms with Crippen LogP contribution in [0.2, 0.25) is 0 Å². The molecule has 0 radical (unpaired) electrons. The van der Waals surface area contributed by atoms with Gasteiger partial charge < -0.3 is 9.30 Å². The SMILES string of the molecule is CC.CC(=O)N(C)C(C)Cc1ccn2cc(F)ccc12. The molecule has 1 unspecified atom stereocenters. The highest BCUT2D eigenvalue weighted by atomic mass is 19.1. The van der Waals surface area contributed by atoms with E-state index < -0.39 is 0 Å². The van der Waals surface area contributed by atoms with Crippen molar-refractivity contribution in [2.75, 3.05) is 7.05 Å². The maximum atomic E-state index is 13.1. The second-order valence-corrected chi connectivity index (χ2v) is 4.66. The fraction of sp³-hybridized carbons (Fsp3) is 0.438. The van der Waals surface area contributed by atoms with E-state index in [4.69, 9.17) is 0 Å². The number of carbonyl (C=O) groups excluding carboxylic acids is 1. The zero-order valence-corrected chi connectivity index (χ0v) is 12.9. The summed E-state index contributed by atoms with van der Waals surface area (Å²) in [6.07, 6.45) is 4.06. The molecule has 0 aliphatic rings. The lowest BCUT2D eigenvalue weighted by Crippen LogP contribution is -2.34. The lowest BCUT2D eigenvalue weighted by atomic mass is 10.1. The second kappa shape index (κ2) is 7.08. The molecule has 2 heterocycles. The zero-order chi connectivity index (χ0) is 15.3. The van der Waals surface area contributed by atoms with Gasteiger partial charge in [-0.05, 0) is 37.1 Å². The Bertz CT molecular complexity index is 577. The molecule has 0 aliphatic heterocycles. The number of hydrogen-bond donors (Lipinski definition) is 0. The number of amides is 1. The highest BCUT2D eigenvalue weighted by Gasteiger charge is 2.14. The molecule has 0 saturated carbocycles. The molecule has 2 aromatic rings. The molecule has 0 bridgehead atoms. The first kappa shape index (κ1) is 16.2. The lowest BCUT2D eigenvalue weighted by molar-refractivity contribution is -0.129. The normalized spacial score (nSPS) is 11.7. The predicted molar refractivity (Wildman–Crippen MR) is 80.3 cm³/mol. The van der Waals surface area contributed by atoms with Crippen molar-refractivity contribution in [2.45, 2.75) is 40.2 Å². The third kappa shape index (κ3) is 3.59. The zero-order valence-electron chi connectivity index (χ0n) is 12.9. The first-order valence-corrected chi connectivity index (χ1v) is 6.97. The third-order valence-corrected chi connectivity index (χ3v) is 3.38. The first-order chi connectivity index (χ1) is 9.49. The van der Waals surface area contributed by atoms with Gasteiger partial charge in [0, 0.05) is 37.9 Å². The summed E-state index contributed by atoms with van der Waals surface area (Å²) in [7, 11) is 1.80. The minimum atomic E-state index is -0.251. The van der Waals surface area contributed by atoms with Gasteiger partial charge in [0.1, 0.15) is 5.82 Å². The number of aromatic nitrogens is 1. The number of halogens is 1. The number of carbonyl (C=O) groups is 1. The van der Waals surface area contributed by atoms with Crippen LogP contribution in [0.15, 0.2) is 30.6 Å². The summed E-state index contributed by atoms with van der Waals surface area (Å²) < 4.78 is 14.8. The van der Waals surface area contributed by atoms with Gasteiger partial charge in [0.25, 0.3) is 0 Å². The minimum Gasteiger partial charge on any atom is -0.343 e. The van der Waals surface area contributed by atoms with Crippen LogP contribution in [0, 0.1) is 5.82 Å². The van der Waals surface area contributed by atoms with E-state index in [-0.39, 0.29) is 17.8 Å². The van der Waals surface area contributed by atoms with Gasteiger partial charge in [-0.25, -0.2) is 4.39 Å². The molecule has 2 rings (SSSR count). The fourth-order valence-electron chi connectivity index (χ4n) is 2.08. The third-order valence-electron chi connectivity index (χ3n) is 3.38. The van der Waals surface area contributed by atoms with Crippen LogP contribution in [0.4, 0.5) is 4.39 Å². The molecule has 4 heteroatoms. The van der Waals surface area contributed by atoms with Gasteiger partial charge in [-0.3, -0.25) is 4.79 Å². The lowest BCUT2D eigenvalue weighted by Gasteiger charge is -2.23. The molecule has 110 valence electrons. The number of likely N-dealkylation sites (N-methyl/N-ethyl adjacent to an activating group) is 1. The molecule has 1 amide bonds. The molecule has 1 atom stereocenters. The highest BCUT2D eigenvalue weighted by molar-refractivity contribution is 5.73. The molecular weight excluding hydrogens is 255 g/mol. The molecule has 0 N–H and O–H groups in total. The van der Waals surface area contributed by atoms with E-state index in [0.717, 1.165) is 17.5 Å². The molecule has 0 fully saturated rings. The summed E-state index contributed by atoms with van der Waals surface area (Å²) in [6, 6.07) is 5.32. The molecule has 0 spiro atoms. The van der Waals surface area contributed by atoms with Crippen LogP contribution in [-0.2, 0) is 11.2 Å². The second-order valence-electron chi connectivity index (χ2n) is 4.66. The van der Waals surface area contributed by atoms with E-state index in [2.05, 4.69) is 0 Å². The summed E-state index contributed by atoms with van der Waals surface area (Å²) in [6.45, 7) is 7.57. The maximum absolute atomic E-state index is 13.1. The predicted octanol–water partition coefficient (Wildman–Crippen LogP) is 3.51. The van der Waals surface area contributed by atoms with E-state index in [1.165, 1.54) is 12.3 Å². The standard InChI is InChI=1S/C14H17FN2O.C2H6/c1-10(16(3)11(2)18)8-12-6-7-17-9-13(15)4-5-14(12)17;1-2/h4-7,9-10H,8H2,1-3H3;1-2H3. The van der Waals surface area contributed by atoms with Crippen molar-refractivity contribution in [2.24, 2.45) is 0 Å². The Balaban J connectivity index is 0.000000956. The highest BCUT2D eigenvalue weighted by Crippen LogP contribution is 2.17. The molecule has 0 saturated heterocycles. The Kier molecular flexibility index (Phi) is 5.74. The number of fused-ring (bicyclic) bond motifs is 1. The van der Waals surface area contributed by atoms with Crippen molar-refractivity contribution in [3.8, 4) is 0 Å². The van der Waals surface area contributed by atoms with Gasteiger partial charge in [0.05, 0.1) is 0 Å². The Morgan fingerprint density at radius 2 is 2.00 bits per heavy atom. The van der Waals surface area contributed by atoms with Crippen LogP contribution < -0.4 is 0 Å². The van der Waals surface area contributed by atoms with Crippen LogP contribution >= 0.6 is 0 Å². The minimum absolute atomic E-state index is 0.0528. The van der Waals surface area contributed by atoms with Crippen molar-refractivity contribution in [3.63, 3.8) is 0 Å².